The van der Waals surface area contributed by atoms with Crippen molar-refractivity contribution in [3.8, 4) is 0 Å². The van der Waals surface area contributed by atoms with Crippen LogP contribution in [-0.4, -0.2) is 43.8 Å². The number of aromatic amines is 1. The summed E-state index contributed by atoms with van der Waals surface area (Å²) < 4.78 is 0. The summed E-state index contributed by atoms with van der Waals surface area (Å²) in [4.78, 5) is 22.8. The third-order valence-electron chi connectivity index (χ3n) is 2.86. The van der Waals surface area contributed by atoms with Crippen LogP contribution in [0.1, 0.15) is 39.1 Å². The summed E-state index contributed by atoms with van der Waals surface area (Å²) >= 11 is 0. The third-order valence-corrected chi connectivity index (χ3v) is 2.86. The summed E-state index contributed by atoms with van der Waals surface area (Å²) in [7, 11) is 0. The van der Waals surface area contributed by atoms with Crippen LogP contribution in [0.15, 0.2) is 0 Å². The van der Waals surface area contributed by atoms with Gasteiger partial charge in [0.1, 0.15) is 6.04 Å². The van der Waals surface area contributed by atoms with Crippen molar-refractivity contribution in [1.82, 2.24) is 31.3 Å². The summed E-state index contributed by atoms with van der Waals surface area (Å²) in [5, 5.41) is 27.1. The smallest absolute Gasteiger partial charge is 0.326 e. The van der Waals surface area contributed by atoms with E-state index >= 15 is 0 Å². The van der Waals surface area contributed by atoms with Crippen molar-refractivity contribution in [3.63, 3.8) is 0 Å². The van der Waals surface area contributed by atoms with Gasteiger partial charge in [-0.15, -0.1) is 10.2 Å². The quantitative estimate of drug-likeness (QED) is 0.577. The number of carboxylic acid groups (broad SMARTS) is 1. The van der Waals surface area contributed by atoms with Crippen LogP contribution in [-0.2, 0) is 4.79 Å². The van der Waals surface area contributed by atoms with E-state index in [4.69, 9.17) is 5.11 Å². The Labute approximate surface area is 110 Å². The molecule has 9 heteroatoms. The van der Waals surface area contributed by atoms with E-state index in [1.54, 1.807) is 13.8 Å². The number of hydrogen-bond acceptors (Lipinski definition) is 5. The largest absolute Gasteiger partial charge is 0.480 e. The normalized spacial score (nSPS) is 15.3. The predicted molar refractivity (Wildman–Crippen MR) is 65.1 cm³/mol. The number of nitrogens with zero attached hydrogens (tertiary/aromatic N) is 3. The number of hydrogen-bond donors (Lipinski definition) is 4. The van der Waals surface area contributed by atoms with Crippen LogP contribution in [0.25, 0.3) is 0 Å². The molecule has 1 aromatic rings. The molecule has 1 heterocycles. The number of aromatic nitrogens is 4. The van der Waals surface area contributed by atoms with Crippen LogP contribution in [0, 0.1) is 5.92 Å². The van der Waals surface area contributed by atoms with E-state index in [1.165, 1.54) is 0 Å². The number of nitrogens with one attached hydrogen (secondary N) is 3. The van der Waals surface area contributed by atoms with Crippen molar-refractivity contribution in [2.24, 2.45) is 5.92 Å². The fourth-order valence-corrected chi connectivity index (χ4v) is 1.48. The van der Waals surface area contributed by atoms with Crippen molar-refractivity contribution in [2.45, 2.75) is 39.3 Å². The fourth-order valence-electron chi connectivity index (χ4n) is 1.48. The van der Waals surface area contributed by atoms with E-state index < -0.39 is 24.1 Å². The van der Waals surface area contributed by atoms with Gasteiger partial charge >= 0.3 is 12.0 Å². The van der Waals surface area contributed by atoms with Crippen LogP contribution < -0.4 is 10.6 Å². The third kappa shape index (κ3) is 4.19. The monoisotopic (exact) mass is 270 g/mol. The van der Waals surface area contributed by atoms with Gasteiger partial charge in [0.05, 0.1) is 6.04 Å². The van der Waals surface area contributed by atoms with E-state index in [2.05, 4.69) is 31.3 Å². The summed E-state index contributed by atoms with van der Waals surface area (Å²) in [6.07, 6.45) is 0.650. The molecule has 3 unspecified atom stereocenters. The molecule has 0 saturated heterocycles. The first-order valence-corrected chi connectivity index (χ1v) is 5.98. The Morgan fingerprint density at radius 3 is 2.53 bits per heavy atom. The Bertz CT molecular complexity index is 421. The highest BCUT2D eigenvalue weighted by Gasteiger charge is 2.26. The van der Waals surface area contributed by atoms with Gasteiger partial charge < -0.3 is 15.7 Å². The highest BCUT2D eigenvalue weighted by molar-refractivity contribution is 5.82. The number of urea groups is 1. The lowest BCUT2D eigenvalue weighted by atomic mass is 9.99. The standard InChI is InChI=1S/C10H18N6O3/c1-4-5(2)7(9(17)18)12-10(19)11-6(3)8-13-15-16-14-8/h5-7H,4H2,1-3H3,(H,17,18)(H2,11,12,19)(H,13,14,15,16). The summed E-state index contributed by atoms with van der Waals surface area (Å²) in [6, 6.07) is -1.97. The van der Waals surface area contributed by atoms with E-state index in [-0.39, 0.29) is 5.92 Å². The lowest BCUT2D eigenvalue weighted by Crippen LogP contribution is -2.49. The number of amides is 2. The first kappa shape index (κ1) is 14.9. The van der Waals surface area contributed by atoms with Crippen LogP contribution in [0.5, 0.6) is 0 Å². The molecule has 3 atom stereocenters. The minimum absolute atomic E-state index is 0.163. The SMILES string of the molecule is CCC(C)C(NC(=O)NC(C)c1nn[nH]n1)C(=O)O. The van der Waals surface area contributed by atoms with Gasteiger partial charge in [-0.2, -0.15) is 5.21 Å². The molecule has 1 aromatic heterocycles. The Kier molecular flexibility index (Phi) is 5.22. The first-order chi connectivity index (χ1) is 8.95. The highest BCUT2D eigenvalue weighted by atomic mass is 16.4. The Hall–Kier alpha value is -2.19. The average Bonchev–Trinajstić information content (AvgIpc) is 2.88. The molecule has 1 rings (SSSR count). The number of H-pyrrole nitrogens is 1. The maximum atomic E-state index is 11.7. The maximum Gasteiger partial charge on any atom is 0.326 e. The molecule has 0 aromatic carbocycles. The van der Waals surface area contributed by atoms with Crippen LogP contribution in [0.4, 0.5) is 4.79 Å². The Balaban J connectivity index is 2.56. The molecule has 2 amide bonds. The Morgan fingerprint density at radius 2 is 2.05 bits per heavy atom. The molecular formula is C10H18N6O3. The number of carbonyl (C=O) groups is 2. The summed E-state index contributed by atoms with van der Waals surface area (Å²) in [5.41, 5.74) is 0. The molecular weight excluding hydrogens is 252 g/mol. The van der Waals surface area contributed by atoms with Gasteiger partial charge in [-0.05, 0) is 12.8 Å². The number of carboxylic acids is 1. The van der Waals surface area contributed by atoms with Crippen molar-refractivity contribution in [1.29, 1.82) is 0 Å². The molecule has 0 aliphatic rings. The average molecular weight is 270 g/mol. The molecule has 19 heavy (non-hydrogen) atoms. The van der Waals surface area contributed by atoms with Gasteiger partial charge in [0.2, 0.25) is 0 Å². The second-order valence-corrected chi connectivity index (χ2v) is 4.31. The number of rotatable bonds is 6. The highest BCUT2D eigenvalue weighted by Crippen LogP contribution is 2.08. The molecule has 0 radical (unpaired) electrons. The topological polar surface area (TPSA) is 133 Å². The molecule has 0 spiro atoms. The van der Waals surface area contributed by atoms with Crippen molar-refractivity contribution >= 4 is 12.0 Å². The van der Waals surface area contributed by atoms with Crippen LogP contribution in [0.2, 0.25) is 0 Å². The number of tetrazole rings is 1. The zero-order chi connectivity index (χ0) is 14.4. The van der Waals surface area contributed by atoms with Gasteiger partial charge in [0, 0.05) is 0 Å². The molecule has 0 saturated carbocycles. The molecule has 106 valence electrons. The van der Waals surface area contributed by atoms with Gasteiger partial charge in [0.25, 0.3) is 0 Å². The zero-order valence-corrected chi connectivity index (χ0v) is 11.0. The molecule has 0 fully saturated rings. The van der Waals surface area contributed by atoms with Gasteiger partial charge in [0.15, 0.2) is 5.82 Å². The fraction of sp³-hybridized carbons (Fsp3) is 0.700. The van der Waals surface area contributed by atoms with E-state index in [0.29, 0.717) is 12.2 Å². The lowest BCUT2D eigenvalue weighted by Gasteiger charge is -2.21. The number of aliphatic carboxylic acids is 1. The minimum Gasteiger partial charge on any atom is -0.480 e. The molecule has 9 nitrogen and oxygen atoms in total. The second kappa shape index (κ2) is 6.66. The van der Waals surface area contributed by atoms with E-state index in [0.717, 1.165) is 0 Å². The summed E-state index contributed by atoms with van der Waals surface area (Å²) in [6.45, 7) is 5.30. The lowest BCUT2D eigenvalue weighted by molar-refractivity contribution is -0.140. The van der Waals surface area contributed by atoms with Gasteiger partial charge in [-0.1, -0.05) is 25.5 Å². The van der Waals surface area contributed by atoms with Crippen LogP contribution >= 0.6 is 0 Å². The molecule has 0 bridgehead atoms. The van der Waals surface area contributed by atoms with Gasteiger partial charge in [-0.25, -0.2) is 9.59 Å². The predicted octanol–water partition coefficient (Wildman–Crippen LogP) is 0.0592. The van der Waals surface area contributed by atoms with Crippen molar-refractivity contribution in [3.05, 3.63) is 5.82 Å². The zero-order valence-electron chi connectivity index (χ0n) is 11.0. The minimum atomic E-state index is -1.06. The summed E-state index contributed by atoms with van der Waals surface area (Å²) in [5.74, 6) is -0.897. The van der Waals surface area contributed by atoms with Crippen molar-refractivity contribution < 1.29 is 14.7 Å². The van der Waals surface area contributed by atoms with Crippen LogP contribution in [0.3, 0.4) is 0 Å². The van der Waals surface area contributed by atoms with Gasteiger partial charge in [-0.3, -0.25) is 0 Å². The number of carbonyl (C=O) groups excluding carboxylic acids is 1. The first-order valence-electron chi connectivity index (χ1n) is 5.98. The maximum absolute atomic E-state index is 11.7. The Morgan fingerprint density at radius 1 is 1.37 bits per heavy atom. The van der Waals surface area contributed by atoms with E-state index in [1.807, 2.05) is 6.92 Å². The second-order valence-electron chi connectivity index (χ2n) is 4.31. The molecule has 0 aliphatic heterocycles. The molecule has 4 N–H and O–H groups in total. The molecule has 0 aliphatic carbocycles. The van der Waals surface area contributed by atoms with E-state index in [9.17, 15) is 9.59 Å². The van der Waals surface area contributed by atoms with Crippen molar-refractivity contribution in [2.75, 3.05) is 0 Å².